The molecule has 1 heterocycles. The summed E-state index contributed by atoms with van der Waals surface area (Å²) in [4.78, 5) is 37.8. The van der Waals surface area contributed by atoms with Gasteiger partial charge in [0.15, 0.2) is 0 Å². The lowest BCUT2D eigenvalue weighted by Gasteiger charge is -2.16. The highest BCUT2D eigenvalue weighted by atomic mass is 16.5. The normalized spacial score (nSPS) is 12.5. The fourth-order valence-corrected chi connectivity index (χ4v) is 2.89. The molecule has 0 fully saturated rings. The first kappa shape index (κ1) is 19.2. The van der Waals surface area contributed by atoms with Crippen molar-refractivity contribution in [3.05, 3.63) is 71.8 Å². The molecule has 0 saturated carbocycles. The third-order valence-corrected chi connectivity index (χ3v) is 4.44. The van der Waals surface area contributed by atoms with Crippen LogP contribution in [0.2, 0.25) is 0 Å². The van der Waals surface area contributed by atoms with E-state index in [4.69, 9.17) is 4.74 Å². The Labute approximate surface area is 163 Å². The van der Waals surface area contributed by atoms with Gasteiger partial charge in [0.05, 0.1) is 13.7 Å². The highest BCUT2D eigenvalue weighted by Gasteiger charge is 2.31. The van der Waals surface area contributed by atoms with Gasteiger partial charge in [-0.3, -0.25) is 19.3 Å². The van der Waals surface area contributed by atoms with Gasteiger partial charge < -0.3 is 15.4 Å². The van der Waals surface area contributed by atoms with Crippen LogP contribution in [0.3, 0.4) is 0 Å². The lowest BCUT2D eigenvalue weighted by molar-refractivity contribution is -0.126. The Hall–Kier alpha value is -3.61. The molecular weight excluding hydrogens is 358 g/mol. The number of rotatable bonds is 7. The fourth-order valence-electron chi connectivity index (χ4n) is 2.89. The molecule has 1 aliphatic rings. The SMILES string of the molecule is C=C1c2ccccc2C(=O)N1CC(=O)NCC(=O)NCc1ccc(OC)cc1. The Morgan fingerprint density at radius 2 is 1.68 bits per heavy atom. The molecule has 0 unspecified atom stereocenters. The highest BCUT2D eigenvalue weighted by Crippen LogP contribution is 2.30. The molecule has 0 atom stereocenters. The van der Waals surface area contributed by atoms with Gasteiger partial charge in [-0.1, -0.05) is 36.9 Å². The highest BCUT2D eigenvalue weighted by molar-refractivity contribution is 6.10. The van der Waals surface area contributed by atoms with Crippen molar-refractivity contribution in [1.82, 2.24) is 15.5 Å². The largest absolute Gasteiger partial charge is 0.497 e. The number of hydrogen-bond donors (Lipinski definition) is 2. The molecule has 0 radical (unpaired) electrons. The summed E-state index contributed by atoms with van der Waals surface area (Å²) in [6.07, 6.45) is 0. The summed E-state index contributed by atoms with van der Waals surface area (Å²) in [5.74, 6) is -0.275. The van der Waals surface area contributed by atoms with Gasteiger partial charge in [0.1, 0.15) is 12.3 Å². The van der Waals surface area contributed by atoms with Crippen molar-refractivity contribution in [3.8, 4) is 5.75 Å². The smallest absolute Gasteiger partial charge is 0.259 e. The number of hydrogen-bond acceptors (Lipinski definition) is 4. The van der Waals surface area contributed by atoms with Crippen LogP contribution in [0.15, 0.2) is 55.1 Å². The lowest BCUT2D eigenvalue weighted by Crippen LogP contribution is -2.41. The van der Waals surface area contributed by atoms with Gasteiger partial charge in [-0.25, -0.2) is 0 Å². The monoisotopic (exact) mass is 379 g/mol. The van der Waals surface area contributed by atoms with Gasteiger partial charge in [0.25, 0.3) is 5.91 Å². The third kappa shape index (κ3) is 4.20. The van der Waals surface area contributed by atoms with Crippen molar-refractivity contribution in [3.63, 3.8) is 0 Å². The summed E-state index contributed by atoms with van der Waals surface area (Å²) in [5, 5.41) is 5.25. The molecule has 144 valence electrons. The summed E-state index contributed by atoms with van der Waals surface area (Å²) in [6, 6.07) is 14.4. The molecule has 28 heavy (non-hydrogen) atoms. The summed E-state index contributed by atoms with van der Waals surface area (Å²) in [7, 11) is 1.59. The van der Waals surface area contributed by atoms with E-state index >= 15 is 0 Å². The quantitative estimate of drug-likeness (QED) is 0.764. The van der Waals surface area contributed by atoms with Crippen molar-refractivity contribution in [1.29, 1.82) is 0 Å². The number of carbonyl (C=O) groups is 3. The first-order valence-electron chi connectivity index (χ1n) is 8.76. The second-order valence-corrected chi connectivity index (χ2v) is 6.29. The second kappa shape index (κ2) is 8.39. The minimum atomic E-state index is -0.429. The Morgan fingerprint density at radius 3 is 2.32 bits per heavy atom. The molecule has 2 N–H and O–H groups in total. The average molecular weight is 379 g/mol. The standard InChI is InChI=1S/C21H21N3O4/c1-14-17-5-3-4-6-18(17)21(27)24(14)13-20(26)23-12-19(25)22-11-15-7-9-16(28-2)10-8-15/h3-10H,1,11-13H2,2H3,(H,22,25)(H,23,26). The number of nitrogens with one attached hydrogen (secondary N) is 2. The van der Waals surface area contributed by atoms with Crippen molar-refractivity contribution >= 4 is 23.4 Å². The number of carbonyl (C=O) groups excluding carboxylic acids is 3. The molecule has 0 saturated heterocycles. The summed E-state index contributed by atoms with van der Waals surface area (Å²) >= 11 is 0. The topological polar surface area (TPSA) is 87.7 Å². The van der Waals surface area contributed by atoms with Crippen molar-refractivity contribution in [2.75, 3.05) is 20.2 Å². The molecule has 0 bridgehead atoms. The van der Waals surface area contributed by atoms with Crippen LogP contribution in [-0.4, -0.2) is 42.8 Å². The average Bonchev–Trinajstić information content (AvgIpc) is 2.96. The van der Waals surface area contributed by atoms with E-state index in [-0.39, 0.29) is 24.9 Å². The Kier molecular flexibility index (Phi) is 5.74. The molecule has 1 aliphatic heterocycles. The molecule has 0 spiro atoms. The van der Waals surface area contributed by atoms with Crippen LogP contribution in [0.4, 0.5) is 0 Å². The van der Waals surface area contributed by atoms with E-state index in [2.05, 4.69) is 17.2 Å². The zero-order chi connectivity index (χ0) is 20.1. The van der Waals surface area contributed by atoms with E-state index < -0.39 is 5.91 Å². The van der Waals surface area contributed by atoms with Gasteiger partial charge >= 0.3 is 0 Å². The van der Waals surface area contributed by atoms with E-state index in [1.165, 1.54) is 4.90 Å². The fraction of sp³-hybridized carbons (Fsp3) is 0.190. The number of benzene rings is 2. The molecule has 0 aromatic heterocycles. The molecule has 7 heteroatoms. The molecule has 3 amide bonds. The van der Waals surface area contributed by atoms with Crippen LogP contribution in [0.5, 0.6) is 5.75 Å². The number of fused-ring (bicyclic) bond motifs is 1. The second-order valence-electron chi connectivity index (χ2n) is 6.29. The van der Waals surface area contributed by atoms with Gasteiger partial charge in [0.2, 0.25) is 11.8 Å². The van der Waals surface area contributed by atoms with Crippen molar-refractivity contribution in [2.24, 2.45) is 0 Å². The van der Waals surface area contributed by atoms with E-state index in [1.807, 2.05) is 18.2 Å². The van der Waals surface area contributed by atoms with Crippen LogP contribution in [-0.2, 0) is 16.1 Å². The first-order chi connectivity index (χ1) is 13.5. The molecule has 3 rings (SSSR count). The molecule has 7 nitrogen and oxygen atoms in total. The van der Waals surface area contributed by atoms with Crippen molar-refractivity contribution < 1.29 is 19.1 Å². The maximum atomic E-state index is 12.4. The number of nitrogens with zero attached hydrogens (tertiary/aromatic N) is 1. The Morgan fingerprint density at radius 1 is 1.00 bits per heavy atom. The summed E-state index contributed by atoms with van der Waals surface area (Å²) < 4.78 is 5.08. The first-order valence-corrected chi connectivity index (χ1v) is 8.76. The molecule has 2 aromatic carbocycles. The van der Waals surface area contributed by atoms with Crippen molar-refractivity contribution in [2.45, 2.75) is 6.54 Å². The van der Waals surface area contributed by atoms with Crippen LogP contribution in [0, 0.1) is 0 Å². The predicted molar refractivity (Wildman–Crippen MR) is 104 cm³/mol. The third-order valence-electron chi connectivity index (χ3n) is 4.44. The van der Waals surface area contributed by atoms with Crippen LogP contribution in [0.25, 0.3) is 5.70 Å². The zero-order valence-corrected chi connectivity index (χ0v) is 15.5. The maximum absolute atomic E-state index is 12.4. The molecule has 2 aromatic rings. The predicted octanol–water partition coefficient (Wildman–Crippen LogP) is 1.55. The van der Waals surface area contributed by atoms with Gasteiger partial charge in [0, 0.05) is 23.4 Å². The Bertz CT molecular complexity index is 887. The maximum Gasteiger partial charge on any atom is 0.259 e. The van der Waals surface area contributed by atoms with E-state index in [1.54, 1.807) is 37.4 Å². The molecule has 0 aliphatic carbocycles. The zero-order valence-electron chi connectivity index (χ0n) is 15.5. The summed E-state index contributed by atoms with van der Waals surface area (Å²) in [5.41, 5.74) is 2.65. The van der Waals surface area contributed by atoms with E-state index in [0.29, 0.717) is 17.8 Å². The number of ether oxygens (including phenoxy) is 1. The van der Waals surface area contributed by atoms with Crippen LogP contribution < -0.4 is 15.4 Å². The minimum Gasteiger partial charge on any atom is -0.497 e. The van der Waals surface area contributed by atoms with Crippen LogP contribution >= 0.6 is 0 Å². The number of amides is 3. The van der Waals surface area contributed by atoms with Crippen LogP contribution in [0.1, 0.15) is 21.5 Å². The van der Waals surface area contributed by atoms with E-state index in [9.17, 15) is 14.4 Å². The minimum absolute atomic E-state index is 0.170. The number of methoxy groups -OCH3 is 1. The Balaban J connectivity index is 1.45. The molecular formula is C21H21N3O4. The van der Waals surface area contributed by atoms with Gasteiger partial charge in [-0.2, -0.15) is 0 Å². The van der Waals surface area contributed by atoms with Gasteiger partial charge in [-0.05, 0) is 23.8 Å². The summed E-state index contributed by atoms with van der Waals surface area (Å²) in [6.45, 7) is 3.88. The van der Waals surface area contributed by atoms with Gasteiger partial charge in [-0.15, -0.1) is 0 Å². The lowest BCUT2D eigenvalue weighted by atomic mass is 10.1. The van der Waals surface area contributed by atoms with E-state index in [0.717, 1.165) is 16.9 Å².